The fourth-order valence-corrected chi connectivity index (χ4v) is 2.50. The van der Waals surface area contributed by atoms with Crippen LogP contribution in [0.3, 0.4) is 0 Å². The molecular weight excluding hydrogens is 316 g/mol. The Morgan fingerprint density at radius 2 is 1.72 bits per heavy atom. The standard InChI is InChI=1S/C19H24N4O2/c1-19(22,12-13-6-3-2-4-7-13)18(25)23-15-9-5-8-14(10-15)11-16(20)17(21)24/h2-10,16H,11-12,20,22H2,1H3,(H2,21,24)(H,23,25). The molecule has 2 aromatic carbocycles. The van der Waals surface area contributed by atoms with Crippen molar-refractivity contribution in [2.75, 3.05) is 5.32 Å². The molecule has 0 fully saturated rings. The van der Waals surface area contributed by atoms with Gasteiger partial charge in [0, 0.05) is 5.69 Å². The lowest BCUT2D eigenvalue weighted by Crippen LogP contribution is -2.50. The van der Waals surface area contributed by atoms with E-state index in [-0.39, 0.29) is 5.91 Å². The number of primary amides is 1. The molecule has 6 heteroatoms. The Bertz CT molecular complexity index is 744. The normalized spacial score (nSPS) is 14.4. The van der Waals surface area contributed by atoms with Gasteiger partial charge >= 0.3 is 0 Å². The summed E-state index contributed by atoms with van der Waals surface area (Å²) in [5, 5.41) is 2.82. The first-order chi connectivity index (χ1) is 11.8. The highest BCUT2D eigenvalue weighted by atomic mass is 16.2. The summed E-state index contributed by atoms with van der Waals surface area (Å²) in [7, 11) is 0. The molecule has 0 aliphatic rings. The van der Waals surface area contributed by atoms with Gasteiger partial charge in [-0.1, -0.05) is 42.5 Å². The van der Waals surface area contributed by atoms with E-state index in [4.69, 9.17) is 17.2 Å². The molecule has 2 amide bonds. The second-order valence-corrected chi connectivity index (χ2v) is 6.45. The zero-order chi connectivity index (χ0) is 18.4. The van der Waals surface area contributed by atoms with Gasteiger partial charge in [-0.15, -0.1) is 0 Å². The molecule has 0 saturated carbocycles. The molecule has 2 atom stereocenters. The summed E-state index contributed by atoms with van der Waals surface area (Å²) in [4.78, 5) is 23.6. The van der Waals surface area contributed by atoms with Crippen LogP contribution in [-0.4, -0.2) is 23.4 Å². The Balaban J connectivity index is 2.05. The molecule has 2 unspecified atom stereocenters. The number of benzene rings is 2. The third-order valence-corrected chi connectivity index (χ3v) is 3.94. The first-order valence-corrected chi connectivity index (χ1v) is 8.06. The summed E-state index contributed by atoms with van der Waals surface area (Å²) < 4.78 is 0. The topological polar surface area (TPSA) is 124 Å². The van der Waals surface area contributed by atoms with Crippen LogP contribution in [0.5, 0.6) is 0 Å². The van der Waals surface area contributed by atoms with E-state index in [0.29, 0.717) is 18.5 Å². The van der Waals surface area contributed by atoms with Gasteiger partial charge in [0.1, 0.15) is 0 Å². The van der Waals surface area contributed by atoms with Crippen LogP contribution in [0.1, 0.15) is 18.1 Å². The van der Waals surface area contributed by atoms with Gasteiger partial charge in [-0.2, -0.15) is 0 Å². The van der Waals surface area contributed by atoms with Gasteiger partial charge in [0.2, 0.25) is 11.8 Å². The minimum Gasteiger partial charge on any atom is -0.368 e. The van der Waals surface area contributed by atoms with E-state index in [9.17, 15) is 9.59 Å². The molecule has 0 saturated heterocycles. The van der Waals surface area contributed by atoms with Crippen molar-refractivity contribution in [3.05, 3.63) is 65.7 Å². The maximum atomic E-state index is 12.5. The van der Waals surface area contributed by atoms with Crippen molar-refractivity contribution >= 4 is 17.5 Å². The first-order valence-electron chi connectivity index (χ1n) is 8.06. The van der Waals surface area contributed by atoms with Crippen molar-refractivity contribution in [2.45, 2.75) is 31.3 Å². The van der Waals surface area contributed by atoms with Crippen LogP contribution in [0, 0.1) is 0 Å². The average molecular weight is 340 g/mol. The minimum atomic E-state index is -1.05. The highest BCUT2D eigenvalue weighted by Gasteiger charge is 2.28. The number of hydrogen-bond donors (Lipinski definition) is 4. The second-order valence-electron chi connectivity index (χ2n) is 6.45. The number of anilines is 1. The fourth-order valence-electron chi connectivity index (χ4n) is 2.50. The Kier molecular flexibility index (Phi) is 5.90. The number of nitrogens with one attached hydrogen (secondary N) is 1. The van der Waals surface area contributed by atoms with Crippen LogP contribution >= 0.6 is 0 Å². The van der Waals surface area contributed by atoms with Gasteiger partial charge in [0.25, 0.3) is 0 Å². The maximum absolute atomic E-state index is 12.5. The third-order valence-electron chi connectivity index (χ3n) is 3.94. The molecule has 0 radical (unpaired) electrons. The Labute approximate surface area is 147 Å². The lowest BCUT2D eigenvalue weighted by atomic mass is 9.93. The quantitative estimate of drug-likeness (QED) is 0.598. The van der Waals surface area contributed by atoms with Crippen LogP contribution in [0.15, 0.2) is 54.6 Å². The van der Waals surface area contributed by atoms with Crippen LogP contribution in [-0.2, 0) is 22.4 Å². The molecule has 2 aromatic rings. The smallest absolute Gasteiger partial charge is 0.244 e. The summed E-state index contributed by atoms with van der Waals surface area (Å²) in [6.07, 6.45) is 0.731. The molecule has 6 nitrogen and oxygen atoms in total. The molecular formula is C19H24N4O2. The zero-order valence-electron chi connectivity index (χ0n) is 14.2. The average Bonchev–Trinajstić information content (AvgIpc) is 2.55. The van der Waals surface area contributed by atoms with Gasteiger partial charge in [-0.05, 0) is 43.0 Å². The van der Waals surface area contributed by atoms with Crippen molar-refractivity contribution in [1.29, 1.82) is 0 Å². The summed E-state index contributed by atoms with van der Waals surface area (Å²) in [5.74, 6) is -0.848. The van der Waals surface area contributed by atoms with Gasteiger partial charge in [0.05, 0.1) is 11.6 Å². The van der Waals surface area contributed by atoms with Crippen molar-refractivity contribution in [1.82, 2.24) is 0 Å². The molecule has 0 bridgehead atoms. The molecule has 132 valence electrons. The molecule has 0 aromatic heterocycles. The minimum absolute atomic E-state index is 0.285. The third kappa shape index (κ3) is 5.41. The maximum Gasteiger partial charge on any atom is 0.244 e. The van der Waals surface area contributed by atoms with Crippen LogP contribution in [0.2, 0.25) is 0 Å². The lowest BCUT2D eigenvalue weighted by Gasteiger charge is -2.24. The molecule has 0 aliphatic carbocycles. The van der Waals surface area contributed by atoms with E-state index >= 15 is 0 Å². The van der Waals surface area contributed by atoms with Gasteiger partial charge < -0.3 is 22.5 Å². The van der Waals surface area contributed by atoms with Crippen molar-refractivity contribution < 1.29 is 9.59 Å². The summed E-state index contributed by atoms with van der Waals surface area (Å²) in [5.41, 5.74) is 18.4. The van der Waals surface area contributed by atoms with E-state index < -0.39 is 17.5 Å². The van der Waals surface area contributed by atoms with Gasteiger partial charge in [-0.25, -0.2) is 0 Å². The van der Waals surface area contributed by atoms with Gasteiger partial charge in [0.15, 0.2) is 0 Å². The first kappa shape index (κ1) is 18.6. The summed E-state index contributed by atoms with van der Waals surface area (Å²) >= 11 is 0. The number of nitrogens with two attached hydrogens (primary N) is 3. The van der Waals surface area contributed by atoms with Crippen molar-refractivity contribution in [3.8, 4) is 0 Å². The van der Waals surface area contributed by atoms with Crippen LogP contribution in [0.4, 0.5) is 5.69 Å². The monoisotopic (exact) mass is 340 g/mol. The lowest BCUT2D eigenvalue weighted by molar-refractivity contribution is -0.120. The largest absolute Gasteiger partial charge is 0.368 e. The van der Waals surface area contributed by atoms with E-state index in [2.05, 4.69) is 5.32 Å². The molecule has 0 spiro atoms. The van der Waals surface area contributed by atoms with Crippen LogP contribution < -0.4 is 22.5 Å². The van der Waals surface area contributed by atoms with E-state index in [1.54, 1.807) is 25.1 Å². The predicted molar refractivity (Wildman–Crippen MR) is 98.7 cm³/mol. The zero-order valence-corrected chi connectivity index (χ0v) is 14.2. The Morgan fingerprint density at radius 3 is 2.36 bits per heavy atom. The fraction of sp³-hybridized carbons (Fsp3) is 0.263. The highest BCUT2D eigenvalue weighted by molar-refractivity contribution is 5.97. The Morgan fingerprint density at radius 1 is 1.08 bits per heavy atom. The summed E-state index contributed by atoms with van der Waals surface area (Å²) in [6.45, 7) is 1.70. The SMILES string of the molecule is CC(N)(Cc1ccccc1)C(=O)Nc1cccc(CC(N)C(N)=O)c1. The van der Waals surface area contributed by atoms with Crippen molar-refractivity contribution in [3.63, 3.8) is 0 Å². The molecule has 2 rings (SSSR count). The molecule has 0 heterocycles. The summed E-state index contributed by atoms with van der Waals surface area (Å²) in [6, 6.07) is 16.0. The number of hydrogen-bond acceptors (Lipinski definition) is 4. The van der Waals surface area contributed by atoms with Crippen LogP contribution in [0.25, 0.3) is 0 Å². The highest BCUT2D eigenvalue weighted by Crippen LogP contribution is 2.16. The second kappa shape index (κ2) is 7.92. The number of carbonyl (C=O) groups is 2. The Hall–Kier alpha value is -2.70. The number of rotatable bonds is 7. The molecule has 7 N–H and O–H groups in total. The van der Waals surface area contributed by atoms with Gasteiger partial charge in [-0.3, -0.25) is 9.59 Å². The molecule has 25 heavy (non-hydrogen) atoms. The van der Waals surface area contributed by atoms with E-state index in [1.165, 1.54) is 0 Å². The van der Waals surface area contributed by atoms with E-state index in [0.717, 1.165) is 11.1 Å². The van der Waals surface area contributed by atoms with E-state index in [1.807, 2.05) is 36.4 Å². The number of amides is 2. The van der Waals surface area contributed by atoms with Crippen molar-refractivity contribution in [2.24, 2.45) is 17.2 Å². The molecule has 0 aliphatic heterocycles. The predicted octanol–water partition coefficient (Wildman–Crippen LogP) is 0.940. The number of carbonyl (C=O) groups excluding carboxylic acids is 2.